The molecule has 1 amide bonds. The largest absolute Gasteiger partial charge is 0.493 e. The van der Waals surface area contributed by atoms with Crippen molar-refractivity contribution in [2.75, 3.05) is 38.7 Å². The van der Waals surface area contributed by atoms with Crippen molar-refractivity contribution in [3.05, 3.63) is 24.3 Å². The molecule has 0 aliphatic carbocycles. The Balaban J connectivity index is 2.01. The monoisotopic (exact) mass is 282 g/mol. The van der Waals surface area contributed by atoms with E-state index in [-0.39, 0.29) is 12.5 Å². The summed E-state index contributed by atoms with van der Waals surface area (Å²) in [5.41, 5.74) is 6.24. The average molecular weight is 282 g/mol. The first-order chi connectivity index (χ1) is 9.72. The molecule has 1 rings (SSSR count). The maximum Gasteiger partial charge on any atom is 0.223 e. The van der Waals surface area contributed by atoms with Crippen molar-refractivity contribution < 1.29 is 19.4 Å². The SMILES string of the molecule is Nc1ccc(OCCC(=O)NCCCOCCO)cc1. The summed E-state index contributed by atoms with van der Waals surface area (Å²) >= 11 is 0. The maximum absolute atomic E-state index is 11.5. The Bertz CT molecular complexity index is 381. The topological polar surface area (TPSA) is 93.8 Å². The molecule has 0 saturated carbocycles. The van der Waals surface area contributed by atoms with Gasteiger partial charge in [-0.3, -0.25) is 4.79 Å². The van der Waals surface area contributed by atoms with E-state index in [1.54, 1.807) is 24.3 Å². The van der Waals surface area contributed by atoms with Crippen molar-refractivity contribution in [3.8, 4) is 5.75 Å². The highest BCUT2D eigenvalue weighted by atomic mass is 16.5. The molecular weight excluding hydrogens is 260 g/mol. The number of nitrogen functional groups attached to an aromatic ring is 1. The molecular formula is C14H22N2O4. The zero-order valence-corrected chi connectivity index (χ0v) is 11.5. The minimum atomic E-state index is -0.0531. The summed E-state index contributed by atoms with van der Waals surface area (Å²) in [6.07, 6.45) is 1.03. The summed E-state index contributed by atoms with van der Waals surface area (Å²) in [5.74, 6) is 0.645. The van der Waals surface area contributed by atoms with Crippen LogP contribution in [0.3, 0.4) is 0 Å². The summed E-state index contributed by atoms with van der Waals surface area (Å²) in [6.45, 7) is 1.78. The van der Waals surface area contributed by atoms with Gasteiger partial charge in [-0.2, -0.15) is 0 Å². The van der Waals surface area contributed by atoms with E-state index in [1.807, 2.05) is 0 Å². The number of nitrogens with one attached hydrogen (secondary N) is 1. The van der Waals surface area contributed by atoms with E-state index in [4.69, 9.17) is 20.3 Å². The van der Waals surface area contributed by atoms with Crippen molar-refractivity contribution in [2.45, 2.75) is 12.8 Å². The predicted octanol–water partition coefficient (Wildman–Crippen LogP) is 0.553. The van der Waals surface area contributed by atoms with E-state index in [0.29, 0.717) is 44.2 Å². The Morgan fingerprint density at radius 2 is 1.95 bits per heavy atom. The maximum atomic E-state index is 11.5. The zero-order chi connectivity index (χ0) is 14.6. The number of anilines is 1. The van der Waals surface area contributed by atoms with Crippen LogP contribution >= 0.6 is 0 Å². The smallest absolute Gasteiger partial charge is 0.223 e. The highest BCUT2D eigenvalue weighted by molar-refractivity contribution is 5.75. The molecule has 0 aromatic heterocycles. The van der Waals surface area contributed by atoms with Crippen LogP contribution in [0.5, 0.6) is 5.75 Å². The van der Waals surface area contributed by atoms with Crippen molar-refractivity contribution in [1.29, 1.82) is 0 Å². The van der Waals surface area contributed by atoms with Crippen molar-refractivity contribution in [2.24, 2.45) is 0 Å². The van der Waals surface area contributed by atoms with Crippen molar-refractivity contribution in [1.82, 2.24) is 5.32 Å². The highest BCUT2D eigenvalue weighted by Gasteiger charge is 2.01. The van der Waals surface area contributed by atoms with E-state index in [0.717, 1.165) is 6.42 Å². The number of carbonyl (C=O) groups excluding carboxylic acids is 1. The Kier molecular flexibility index (Phi) is 8.17. The molecule has 0 heterocycles. The van der Waals surface area contributed by atoms with Gasteiger partial charge in [-0.25, -0.2) is 0 Å². The Hall–Kier alpha value is -1.79. The first kappa shape index (κ1) is 16.3. The Morgan fingerprint density at radius 1 is 1.20 bits per heavy atom. The second-order valence-electron chi connectivity index (χ2n) is 4.21. The quantitative estimate of drug-likeness (QED) is 0.430. The molecule has 6 nitrogen and oxygen atoms in total. The number of carbonyl (C=O) groups is 1. The summed E-state index contributed by atoms with van der Waals surface area (Å²) in [4.78, 5) is 11.5. The van der Waals surface area contributed by atoms with Gasteiger partial charge in [0.1, 0.15) is 5.75 Å². The number of aliphatic hydroxyl groups excluding tert-OH is 1. The fraction of sp³-hybridized carbons (Fsp3) is 0.500. The third-order valence-corrected chi connectivity index (χ3v) is 2.50. The summed E-state index contributed by atoms with van der Waals surface area (Å²) in [5, 5.41) is 11.3. The molecule has 0 aliphatic heterocycles. The predicted molar refractivity (Wildman–Crippen MR) is 76.5 cm³/mol. The van der Waals surface area contributed by atoms with Gasteiger partial charge in [-0.1, -0.05) is 0 Å². The molecule has 0 spiro atoms. The molecule has 1 aromatic rings. The molecule has 0 radical (unpaired) electrons. The van der Waals surface area contributed by atoms with E-state index in [9.17, 15) is 4.79 Å². The third-order valence-electron chi connectivity index (χ3n) is 2.50. The summed E-state index contributed by atoms with van der Waals surface area (Å²) in [7, 11) is 0. The van der Waals surface area contributed by atoms with E-state index in [1.165, 1.54) is 0 Å². The van der Waals surface area contributed by atoms with Crippen molar-refractivity contribution >= 4 is 11.6 Å². The molecule has 1 aromatic carbocycles. The number of amides is 1. The minimum Gasteiger partial charge on any atom is -0.493 e. The molecule has 112 valence electrons. The van der Waals surface area contributed by atoms with E-state index >= 15 is 0 Å². The van der Waals surface area contributed by atoms with Gasteiger partial charge in [0.25, 0.3) is 0 Å². The van der Waals surface area contributed by atoms with Gasteiger partial charge in [0.05, 0.1) is 26.2 Å². The molecule has 0 unspecified atom stereocenters. The number of aliphatic hydroxyl groups is 1. The normalized spacial score (nSPS) is 10.2. The Labute approximate surface area is 118 Å². The van der Waals surface area contributed by atoms with Crippen LogP contribution in [0.1, 0.15) is 12.8 Å². The molecule has 0 aliphatic rings. The van der Waals surface area contributed by atoms with Gasteiger partial charge in [-0.15, -0.1) is 0 Å². The number of nitrogens with two attached hydrogens (primary N) is 1. The lowest BCUT2D eigenvalue weighted by molar-refractivity contribution is -0.121. The minimum absolute atomic E-state index is 0.0227. The second-order valence-corrected chi connectivity index (χ2v) is 4.21. The van der Waals surface area contributed by atoms with Gasteiger partial charge < -0.3 is 25.6 Å². The van der Waals surface area contributed by atoms with Gasteiger partial charge in [0.15, 0.2) is 0 Å². The Morgan fingerprint density at radius 3 is 2.65 bits per heavy atom. The van der Waals surface area contributed by atoms with Gasteiger partial charge in [-0.05, 0) is 30.7 Å². The molecule has 0 saturated heterocycles. The number of rotatable bonds is 10. The van der Waals surface area contributed by atoms with Gasteiger partial charge in [0.2, 0.25) is 5.91 Å². The van der Waals surface area contributed by atoms with Crippen LogP contribution in [0, 0.1) is 0 Å². The van der Waals surface area contributed by atoms with Crippen LogP contribution in [0.15, 0.2) is 24.3 Å². The molecule has 0 atom stereocenters. The molecule has 20 heavy (non-hydrogen) atoms. The van der Waals surface area contributed by atoms with Crippen LogP contribution in [0.2, 0.25) is 0 Å². The zero-order valence-electron chi connectivity index (χ0n) is 11.5. The number of ether oxygens (including phenoxy) is 2. The third kappa shape index (κ3) is 7.60. The summed E-state index contributed by atoms with van der Waals surface area (Å²) in [6, 6.07) is 7.04. The molecule has 4 N–H and O–H groups in total. The molecule has 6 heteroatoms. The molecule has 0 fully saturated rings. The number of hydrogen-bond donors (Lipinski definition) is 3. The summed E-state index contributed by atoms with van der Waals surface area (Å²) < 4.78 is 10.5. The van der Waals surface area contributed by atoms with Crippen LogP contribution in [-0.2, 0) is 9.53 Å². The van der Waals surface area contributed by atoms with Gasteiger partial charge in [0, 0.05) is 18.8 Å². The van der Waals surface area contributed by atoms with Crippen LogP contribution < -0.4 is 15.8 Å². The highest BCUT2D eigenvalue weighted by Crippen LogP contribution is 2.12. The van der Waals surface area contributed by atoms with Crippen molar-refractivity contribution in [3.63, 3.8) is 0 Å². The average Bonchev–Trinajstić information content (AvgIpc) is 2.45. The lowest BCUT2D eigenvalue weighted by atomic mass is 10.3. The lowest BCUT2D eigenvalue weighted by Gasteiger charge is -2.07. The van der Waals surface area contributed by atoms with Crippen LogP contribution in [0.25, 0.3) is 0 Å². The van der Waals surface area contributed by atoms with Crippen LogP contribution in [0.4, 0.5) is 5.69 Å². The van der Waals surface area contributed by atoms with Gasteiger partial charge >= 0.3 is 0 Å². The van der Waals surface area contributed by atoms with E-state index < -0.39 is 0 Å². The lowest BCUT2D eigenvalue weighted by Crippen LogP contribution is -2.26. The number of benzene rings is 1. The first-order valence-electron chi connectivity index (χ1n) is 6.66. The number of hydrogen-bond acceptors (Lipinski definition) is 5. The standard InChI is InChI=1S/C14H22N2O4/c15-12-2-4-13(5-3-12)20-10-6-14(18)16-7-1-9-19-11-8-17/h2-5,17H,1,6-11,15H2,(H,16,18). The van der Waals surface area contributed by atoms with Crippen LogP contribution in [-0.4, -0.2) is 44.0 Å². The molecule has 0 bridgehead atoms. The second kappa shape index (κ2) is 10.1. The van der Waals surface area contributed by atoms with E-state index in [2.05, 4.69) is 5.32 Å². The first-order valence-corrected chi connectivity index (χ1v) is 6.66. The fourth-order valence-electron chi connectivity index (χ4n) is 1.48. The fourth-order valence-corrected chi connectivity index (χ4v) is 1.48.